The number of hydrogen-bond donors (Lipinski definition) is 0. The summed E-state index contributed by atoms with van der Waals surface area (Å²) in [5, 5.41) is 0.360. The lowest BCUT2D eigenvalue weighted by Crippen LogP contribution is -2.39. The molecule has 7 heterocycles. The molecule has 0 aliphatic carbocycles. The van der Waals surface area contributed by atoms with Crippen LogP contribution in [0.25, 0.3) is 0 Å². The van der Waals surface area contributed by atoms with E-state index in [9.17, 15) is 33.6 Å². The first-order valence-corrected chi connectivity index (χ1v) is 32.8. The quantitative estimate of drug-likeness (QED) is 0.0306. The molecule has 5 amide bonds. The number of carbonyl (C=O) groups is 7. The van der Waals surface area contributed by atoms with Gasteiger partial charge >= 0.3 is 5.97 Å². The number of allylic oxidation sites excluding steroid dienone is 3. The molecule has 26 heteroatoms. The fourth-order valence-corrected chi connectivity index (χ4v) is 13.2. The van der Waals surface area contributed by atoms with Crippen LogP contribution >= 0.6 is 11.8 Å². The highest BCUT2D eigenvalue weighted by Crippen LogP contribution is 2.42. The number of thioether (sulfide) groups is 1. The maximum atomic E-state index is 13.8. The number of aromatic nitrogens is 1. The maximum absolute atomic E-state index is 13.8. The van der Waals surface area contributed by atoms with Gasteiger partial charge in [-0.25, -0.2) is 4.79 Å². The summed E-state index contributed by atoms with van der Waals surface area (Å²) in [4.78, 5) is 117. The Balaban J connectivity index is 0.714. The summed E-state index contributed by atoms with van der Waals surface area (Å²) >= 11 is 1.44. The zero-order valence-corrected chi connectivity index (χ0v) is 55.6. The van der Waals surface area contributed by atoms with E-state index >= 15 is 0 Å². The number of rotatable bonds is 36. The second-order valence-electron chi connectivity index (χ2n) is 24.1. The average Bonchev–Trinajstić information content (AvgIpc) is 1.60. The van der Waals surface area contributed by atoms with Gasteiger partial charge in [-0.15, -0.1) is 16.8 Å². The first-order chi connectivity index (χ1) is 45.3. The molecule has 0 saturated carbocycles. The maximum Gasteiger partial charge on any atom is 0.335 e. The van der Waals surface area contributed by atoms with Crippen molar-refractivity contribution in [3.8, 4) is 28.7 Å². The van der Waals surface area contributed by atoms with Crippen molar-refractivity contribution in [2.24, 2.45) is 9.98 Å². The lowest BCUT2D eigenvalue weighted by Gasteiger charge is -2.31. The highest BCUT2D eigenvalue weighted by molar-refractivity contribution is 8.02. The zero-order chi connectivity index (χ0) is 66.9. The molecule has 1 aromatic heterocycles. The SMILES string of the molecule is C=C1CCC(=O)N1OC(=O)CCOCCOCCOCCOCCCC(=O)CCN1C(=O)CC(SC(C)(C)CN(C)CCOc2cc(COc3cc4c(cc3OC)C(=O)N3C/C(=C/C)C[C@H]3C=N4)nc(COc3cc4c(cc3OC)C(=O)N3C/C(=C/C)C[C@H]3C=N4)c2)C1=O. The van der Waals surface area contributed by atoms with Gasteiger partial charge in [0.05, 0.1) is 124 Å². The Kier molecular flexibility index (Phi) is 25.0. The van der Waals surface area contributed by atoms with Crippen LogP contribution in [-0.2, 0) is 61.0 Å². The lowest BCUT2D eigenvalue weighted by molar-refractivity contribution is -0.187. The molecule has 1 unspecified atom stereocenters. The van der Waals surface area contributed by atoms with E-state index < -0.39 is 16.0 Å². The van der Waals surface area contributed by atoms with Gasteiger partial charge in [-0.3, -0.25) is 48.6 Å². The number of ketones is 1. The third kappa shape index (κ3) is 18.7. The third-order valence-corrected chi connectivity index (χ3v) is 18.0. The van der Waals surface area contributed by atoms with Gasteiger partial charge in [-0.1, -0.05) is 29.9 Å². The van der Waals surface area contributed by atoms with Gasteiger partial charge in [0, 0.05) is 106 Å². The van der Waals surface area contributed by atoms with Crippen molar-refractivity contribution in [3.63, 3.8) is 0 Å². The molecule has 0 radical (unpaired) electrons. The van der Waals surface area contributed by atoms with Crippen LogP contribution < -0.4 is 23.7 Å². The minimum atomic E-state index is -0.585. The van der Waals surface area contributed by atoms with Crippen LogP contribution in [-0.4, -0.2) is 219 Å². The number of likely N-dealkylation sites (tertiary alicyclic amines) is 1. The molecule has 25 nitrogen and oxygen atoms in total. The molecule has 3 atom stereocenters. The van der Waals surface area contributed by atoms with Gasteiger partial charge in [-0.2, -0.15) is 0 Å². The summed E-state index contributed by atoms with van der Waals surface area (Å²) in [6.45, 7) is 16.6. The molecular weight excluding hydrogens is 1230 g/mol. The Bertz CT molecular complexity index is 3270. The number of Topliss-reactive ketones (excluding diaryl/α,β-unsaturated/α-hetero) is 1. The number of methoxy groups -OCH3 is 2. The second kappa shape index (κ2) is 33.4. The van der Waals surface area contributed by atoms with Crippen molar-refractivity contribution >= 4 is 76.9 Å². The van der Waals surface area contributed by atoms with Crippen LogP contribution in [0.5, 0.6) is 28.7 Å². The van der Waals surface area contributed by atoms with Gasteiger partial charge in [-0.05, 0) is 72.6 Å². The first kappa shape index (κ1) is 70.3. The van der Waals surface area contributed by atoms with Crippen LogP contribution in [0.3, 0.4) is 0 Å². The Morgan fingerprint density at radius 1 is 0.660 bits per heavy atom. The summed E-state index contributed by atoms with van der Waals surface area (Å²) in [6.07, 6.45) is 10.8. The van der Waals surface area contributed by atoms with Crippen molar-refractivity contribution < 1.29 is 81.0 Å². The molecule has 2 aromatic carbocycles. The predicted octanol–water partition coefficient (Wildman–Crippen LogP) is 7.75. The van der Waals surface area contributed by atoms with E-state index in [1.807, 2.05) is 69.1 Å². The molecule has 4 saturated heterocycles. The standard InChI is InChI=1S/C68H86N8O17S/c1-9-45-28-49-37-69-55-34-59(57(84-7)32-53(55)65(81)74(49)39-45)91-41-47-30-52(31-48(71-47)42-92-60-35-56-54(33-58(60)85-8)66(82)75-40-46(10-2)29-50(75)38-70-56)90-21-18-72(6)43-68(4,5)94-61-36-63(79)73(67(61)83)17-15-51(77)12-11-19-86-22-24-88-26-27-89-25-23-87-20-16-64(80)93-76-44(3)13-14-62(76)78/h9-10,30-35,37-38,49-50,61H,3,11-29,36,39-43H2,1-2,4-8H3/b45-9+,46-10+/t49-,50-,61?/m0/s1. The van der Waals surface area contributed by atoms with Crippen LogP contribution in [0.2, 0.25) is 0 Å². The molecule has 94 heavy (non-hydrogen) atoms. The third-order valence-electron chi connectivity index (χ3n) is 16.6. The number of hydroxylamine groups is 2. The first-order valence-electron chi connectivity index (χ1n) is 31.9. The average molecular weight is 1320 g/mol. The molecule has 4 fully saturated rings. The topological polar surface area (TPSA) is 266 Å². The number of amides is 5. The van der Waals surface area contributed by atoms with E-state index in [-0.39, 0.29) is 119 Å². The van der Waals surface area contributed by atoms with Crippen LogP contribution in [0.1, 0.15) is 118 Å². The lowest BCUT2D eigenvalue weighted by atomic mass is 10.1. The smallest absolute Gasteiger partial charge is 0.335 e. The molecule has 0 spiro atoms. The Morgan fingerprint density at radius 3 is 1.72 bits per heavy atom. The molecule has 9 rings (SSSR count). The zero-order valence-electron chi connectivity index (χ0n) is 54.8. The van der Waals surface area contributed by atoms with Crippen molar-refractivity contribution in [3.05, 3.63) is 94.5 Å². The van der Waals surface area contributed by atoms with Crippen LogP contribution in [0, 0.1) is 0 Å². The Labute approximate surface area is 552 Å². The van der Waals surface area contributed by atoms with Gasteiger partial charge in [0.25, 0.3) is 17.7 Å². The molecule has 6 aliphatic heterocycles. The van der Waals surface area contributed by atoms with Gasteiger partial charge in [0.2, 0.25) is 11.8 Å². The number of ether oxygens (including phenoxy) is 9. The van der Waals surface area contributed by atoms with Crippen LogP contribution in [0.4, 0.5) is 11.4 Å². The molecular formula is C68H86N8O17S. The predicted molar refractivity (Wildman–Crippen MR) is 349 cm³/mol. The summed E-state index contributed by atoms with van der Waals surface area (Å²) in [5.74, 6) is 0.177. The summed E-state index contributed by atoms with van der Waals surface area (Å²) < 4.78 is 52.4. The minimum absolute atomic E-state index is 0.00825. The van der Waals surface area contributed by atoms with Gasteiger partial charge in [0.1, 0.15) is 31.4 Å². The van der Waals surface area contributed by atoms with E-state index in [0.717, 1.165) is 17.9 Å². The number of benzene rings is 2. The fraction of sp³-hybridized carbons (Fsp3) is 0.529. The molecule has 506 valence electrons. The number of imide groups is 1. The second-order valence-corrected chi connectivity index (χ2v) is 26.0. The number of carbonyl (C=O) groups excluding carboxylic acids is 7. The highest BCUT2D eigenvalue weighted by Gasteiger charge is 2.42. The number of fused-ring (bicyclic) bond motifs is 4. The Morgan fingerprint density at radius 2 is 1.20 bits per heavy atom. The number of hydrogen-bond acceptors (Lipinski definition) is 22. The molecule has 3 aromatic rings. The van der Waals surface area contributed by atoms with Gasteiger partial charge in [0.15, 0.2) is 23.0 Å². The van der Waals surface area contributed by atoms with Gasteiger partial charge < -0.3 is 62.2 Å². The highest BCUT2D eigenvalue weighted by atomic mass is 32.2. The molecule has 0 bridgehead atoms. The van der Waals surface area contributed by atoms with Crippen molar-refractivity contribution in [2.75, 3.05) is 113 Å². The fourth-order valence-electron chi connectivity index (χ4n) is 11.7. The van der Waals surface area contributed by atoms with E-state index in [0.29, 0.717) is 147 Å². The largest absolute Gasteiger partial charge is 0.493 e. The van der Waals surface area contributed by atoms with Crippen molar-refractivity contribution in [1.29, 1.82) is 0 Å². The summed E-state index contributed by atoms with van der Waals surface area (Å²) in [7, 11) is 5.00. The Hall–Kier alpha value is -8.01. The van der Waals surface area contributed by atoms with E-state index in [1.54, 1.807) is 36.4 Å². The normalized spacial score (nSPS) is 19.3. The van der Waals surface area contributed by atoms with Crippen molar-refractivity contribution in [1.82, 2.24) is 29.6 Å². The van der Waals surface area contributed by atoms with Crippen LogP contribution in [0.15, 0.2) is 82.0 Å². The molecule has 0 N–H and O–H groups in total. The summed E-state index contributed by atoms with van der Waals surface area (Å²) in [5.41, 5.74) is 5.61. The van der Waals surface area contributed by atoms with E-state index in [1.165, 1.54) is 42.0 Å². The number of nitrogens with zero attached hydrogens (tertiary/aromatic N) is 8. The minimum Gasteiger partial charge on any atom is -0.493 e. The van der Waals surface area contributed by atoms with Crippen molar-refractivity contribution in [2.45, 2.75) is 121 Å². The molecule has 6 aliphatic rings. The van der Waals surface area contributed by atoms with E-state index in [2.05, 4.69) is 11.5 Å². The van der Waals surface area contributed by atoms with E-state index in [4.69, 9.17) is 62.4 Å². The summed E-state index contributed by atoms with van der Waals surface area (Å²) in [6, 6.07) is 10.0. The monoisotopic (exact) mass is 1320 g/mol. The number of aliphatic imine (C=N–C) groups is 2. The number of pyridine rings is 1. The number of likely N-dealkylation sites (N-methyl/N-ethyl adjacent to an activating group) is 1.